The first kappa shape index (κ1) is 17.9. The quantitative estimate of drug-likeness (QED) is 0.648. The summed E-state index contributed by atoms with van der Waals surface area (Å²) < 4.78 is 12.9. The molecule has 1 aliphatic rings. The van der Waals surface area contributed by atoms with Crippen molar-refractivity contribution in [1.29, 1.82) is 0 Å². The maximum atomic E-state index is 12.6. The first-order valence-corrected chi connectivity index (χ1v) is 9.82. The zero-order valence-electron chi connectivity index (χ0n) is 15.0. The molecule has 1 amide bonds. The number of furan rings is 2. The average molecular weight is 387 g/mol. The van der Waals surface area contributed by atoms with Crippen LogP contribution in [0.1, 0.15) is 12.7 Å². The van der Waals surface area contributed by atoms with Gasteiger partial charge in [-0.05, 0) is 31.2 Å². The third-order valence-electron chi connectivity index (χ3n) is 4.40. The fourth-order valence-electron chi connectivity index (χ4n) is 3.06. The highest BCUT2D eigenvalue weighted by Crippen LogP contribution is 2.26. The summed E-state index contributed by atoms with van der Waals surface area (Å²) in [7, 11) is 0. The van der Waals surface area contributed by atoms with Gasteiger partial charge < -0.3 is 19.1 Å². The first-order chi connectivity index (χ1) is 13.2. The number of aromatic nitrogens is 3. The lowest BCUT2D eigenvalue weighted by atomic mass is 10.2. The van der Waals surface area contributed by atoms with Gasteiger partial charge in [-0.1, -0.05) is 11.8 Å². The second-order valence-electron chi connectivity index (χ2n) is 6.43. The summed E-state index contributed by atoms with van der Waals surface area (Å²) in [6, 6.07) is 7.70. The molecule has 1 aliphatic heterocycles. The van der Waals surface area contributed by atoms with E-state index in [0.717, 1.165) is 25.4 Å². The highest BCUT2D eigenvalue weighted by atomic mass is 32.2. The van der Waals surface area contributed by atoms with E-state index in [1.165, 1.54) is 11.8 Å². The van der Waals surface area contributed by atoms with Crippen molar-refractivity contribution in [2.45, 2.75) is 24.7 Å². The average Bonchev–Trinajstić information content (AvgIpc) is 3.42. The fraction of sp³-hybridized carbons (Fsp3) is 0.389. The first-order valence-electron chi connectivity index (χ1n) is 8.84. The molecule has 9 heteroatoms. The van der Waals surface area contributed by atoms with Gasteiger partial charge in [0.05, 0.1) is 24.8 Å². The zero-order chi connectivity index (χ0) is 18.6. The van der Waals surface area contributed by atoms with Crippen molar-refractivity contribution >= 4 is 17.7 Å². The molecule has 4 rings (SSSR count). The molecule has 3 aromatic rings. The molecule has 0 bridgehead atoms. The highest BCUT2D eigenvalue weighted by molar-refractivity contribution is 7.99. The van der Waals surface area contributed by atoms with Gasteiger partial charge in [0, 0.05) is 25.7 Å². The molecular formula is C18H21N5O3S. The van der Waals surface area contributed by atoms with E-state index in [4.69, 9.17) is 8.83 Å². The number of carbonyl (C=O) groups excluding carboxylic acids is 1. The van der Waals surface area contributed by atoms with Crippen LogP contribution in [0.5, 0.6) is 0 Å². The van der Waals surface area contributed by atoms with Crippen molar-refractivity contribution < 1.29 is 13.6 Å². The van der Waals surface area contributed by atoms with Crippen LogP contribution in [-0.4, -0.2) is 57.0 Å². The molecule has 4 heterocycles. The number of carbonyl (C=O) groups is 1. The van der Waals surface area contributed by atoms with Crippen molar-refractivity contribution in [3.05, 3.63) is 42.6 Å². The summed E-state index contributed by atoms with van der Waals surface area (Å²) >= 11 is 1.38. The van der Waals surface area contributed by atoms with Gasteiger partial charge in [-0.2, -0.15) is 0 Å². The zero-order valence-corrected chi connectivity index (χ0v) is 15.8. The normalized spacial score (nSPS) is 17.4. The predicted molar refractivity (Wildman–Crippen MR) is 100 cm³/mol. The molecule has 0 saturated carbocycles. The predicted octanol–water partition coefficient (Wildman–Crippen LogP) is 2.09. The Morgan fingerprint density at radius 2 is 2.15 bits per heavy atom. The molecule has 27 heavy (non-hydrogen) atoms. The molecule has 0 unspecified atom stereocenters. The van der Waals surface area contributed by atoms with Crippen molar-refractivity contribution in [3.63, 3.8) is 0 Å². The van der Waals surface area contributed by atoms with Crippen LogP contribution >= 0.6 is 11.8 Å². The number of hydrogen-bond acceptors (Lipinski definition) is 7. The lowest BCUT2D eigenvalue weighted by molar-refractivity contribution is -0.129. The van der Waals surface area contributed by atoms with Gasteiger partial charge in [0.25, 0.3) is 0 Å². The van der Waals surface area contributed by atoms with E-state index in [0.29, 0.717) is 35.1 Å². The second kappa shape index (κ2) is 8.01. The Labute approximate surface area is 160 Å². The van der Waals surface area contributed by atoms with Crippen LogP contribution in [0.4, 0.5) is 0 Å². The van der Waals surface area contributed by atoms with E-state index in [1.807, 2.05) is 33.7 Å². The van der Waals surface area contributed by atoms with Gasteiger partial charge in [0.1, 0.15) is 5.76 Å². The molecule has 142 valence electrons. The van der Waals surface area contributed by atoms with E-state index < -0.39 is 0 Å². The van der Waals surface area contributed by atoms with Crippen LogP contribution in [0.15, 0.2) is 50.8 Å². The second-order valence-corrected chi connectivity index (χ2v) is 7.38. The van der Waals surface area contributed by atoms with Crippen LogP contribution in [0.3, 0.4) is 0 Å². The van der Waals surface area contributed by atoms with Gasteiger partial charge in [-0.3, -0.25) is 9.36 Å². The number of rotatable bonds is 6. The van der Waals surface area contributed by atoms with E-state index in [1.54, 1.807) is 12.5 Å². The molecule has 8 nitrogen and oxygen atoms in total. The molecule has 1 atom stereocenters. The van der Waals surface area contributed by atoms with E-state index in [9.17, 15) is 4.79 Å². The van der Waals surface area contributed by atoms with Crippen LogP contribution in [0.2, 0.25) is 0 Å². The molecule has 0 spiro atoms. The van der Waals surface area contributed by atoms with Gasteiger partial charge in [-0.25, -0.2) is 0 Å². The lowest BCUT2D eigenvalue weighted by Crippen LogP contribution is -2.51. The Morgan fingerprint density at radius 1 is 1.30 bits per heavy atom. The number of nitrogens with one attached hydrogen (secondary N) is 1. The van der Waals surface area contributed by atoms with Crippen LogP contribution < -0.4 is 5.32 Å². The van der Waals surface area contributed by atoms with E-state index >= 15 is 0 Å². The Kier molecular flexibility index (Phi) is 5.30. The topological polar surface area (TPSA) is 89.3 Å². The number of amides is 1. The SMILES string of the molecule is C[C@@H]1CN(C(=O)CSc2nnc(-c3ccco3)n2Cc2ccco2)CCN1. The molecule has 3 aromatic heterocycles. The maximum absolute atomic E-state index is 12.6. The summed E-state index contributed by atoms with van der Waals surface area (Å²) in [5.74, 6) is 2.46. The summed E-state index contributed by atoms with van der Waals surface area (Å²) in [6.07, 6.45) is 3.23. The Morgan fingerprint density at radius 3 is 2.89 bits per heavy atom. The fourth-order valence-corrected chi connectivity index (χ4v) is 3.90. The molecule has 0 aliphatic carbocycles. The van der Waals surface area contributed by atoms with Crippen molar-refractivity contribution in [2.75, 3.05) is 25.4 Å². The Hall–Kier alpha value is -2.52. The molecular weight excluding hydrogens is 366 g/mol. The summed E-state index contributed by atoms with van der Waals surface area (Å²) in [5.41, 5.74) is 0. The van der Waals surface area contributed by atoms with Crippen molar-refractivity contribution in [3.8, 4) is 11.6 Å². The molecule has 1 N–H and O–H groups in total. The van der Waals surface area contributed by atoms with Gasteiger partial charge in [0.2, 0.25) is 11.7 Å². The summed E-state index contributed by atoms with van der Waals surface area (Å²) in [5, 5.41) is 12.5. The number of nitrogens with zero attached hydrogens (tertiary/aromatic N) is 4. The lowest BCUT2D eigenvalue weighted by Gasteiger charge is -2.31. The molecule has 1 saturated heterocycles. The standard InChI is InChI=1S/C18H21N5O3S/c1-13-10-22(7-6-19-13)16(24)12-27-18-21-20-17(15-5-3-9-26-15)23(18)11-14-4-2-8-25-14/h2-5,8-9,13,19H,6-7,10-12H2,1H3/t13-/m1/s1. The van der Waals surface area contributed by atoms with Crippen LogP contribution in [0.25, 0.3) is 11.6 Å². The van der Waals surface area contributed by atoms with Gasteiger partial charge >= 0.3 is 0 Å². The minimum absolute atomic E-state index is 0.112. The Balaban J connectivity index is 1.51. The third-order valence-corrected chi connectivity index (χ3v) is 5.35. The molecule has 0 radical (unpaired) electrons. The van der Waals surface area contributed by atoms with Crippen LogP contribution in [0, 0.1) is 0 Å². The van der Waals surface area contributed by atoms with Gasteiger partial charge in [-0.15, -0.1) is 10.2 Å². The van der Waals surface area contributed by atoms with Gasteiger partial charge in [0.15, 0.2) is 10.9 Å². The van der Waals surface area contributed by atoms with Crippen molar-refractivity contribution in [1.82, 2.24) is 25.0 Å². The van der Waals surface area contributed by atoms with E-state index in [2.05, 4.69) is 22.4 Å². The van der Waals surface area contributed by atoms with E-state index in [-0.39, 0.29) is 5.91 Å². The summed E-state index contributed by atoms with van der Waals surface area (Å²) in [4.78, 5) is 14.5. The number of hydrogen-bond donors (Lipinski definition) is 1. The monoisotopic (exact) mass is 387 g/mol. The molecule has 0 aromatic carbocycles. The minimum Gasteiger partial charge on any atom is -0.467 e. The maximum Gasteiger partial charge on any atom is 0.233 e. The number of thioether (sulfide) groups is 1. The van der Waals surface area contributed by atoms with Crippen molar-refractivity contribution in [2.24, 2.45) is 0 Å². The summed E-state index contributed by atoms with van der Waals surface area (Å²) in [6.45, 7) is 4.85. The molecule has 1 fully saturated rings. The minimum atomic E-state index is 0.112. The third kappa shape index (κ3) is 4.09. The smallest absolute Gasteiger partial charge is 0.233 e. The highest BCUT2D eigenvalue weighted by Gasteiger charge is 2.23. The Bertz CT molecular complexity index is 875. The van der Waals surface area contributed by atoms with Crippen LogP contribution in [-0.2, 0) is 11.3 Å². The number of piperazine rings is 1. The largest absolute Gasteiger partial charge is 0.467 e.